The Morgan fingerprint density at radius 3 is 1.21 bits per heavy atom. The molecule has 2 fully saturated rings. The van der Waals surface area contributed by atoms with E-state index in [0.29, 0.717) is 51.9 Å². The van der Waals surface area contributed by atoms with Gasteiger partial charge in [-0.2, -0.15) is 0 Å². The second-order valence-corrected chi connectivity index (χ2v) is 12.2. The van der Waals surface area contributed by atoms with Crippen molar-refractivity contribution in [3.8, 4) is 0 Å². The van der Waals surface area contributed by atoms with Crippen molar-refractivity contribution in [1.29, 1.82) is 0 Å². The molecule has 2 aliphatic heterocycles. The number of carbonyl (C=O) groups is 4. The van der Waals surface area contributed by atoms with Crippen LogP contribution in [0.3, 0.4) is 0 Å². The minimum atomic E-state index is -0.814. The van der Waals surface area contributed by atoms with E-state index < -0.39 is 23.8 Å². The Labute approximate surface area is 247 Å². The van der Waals surface area contributed by atoms with E-state index >= 15 is 0 Å². The standard InChI is InChI=1S/2C17H21NO3/c2*19-16(14-7-3-4-8-15(14)17(20)21)18-10-9-12-5-1-2-6-13(12)11-18/h2*1-2,5-6,14-15H,3-4,7-11H2,(H,20,21). The monoisotopic (exact) mass is 574 g/mol. The molecule has 2 saturated carbocycles. The Morgan fingerprint density at radius 2 is 0.857 bits per heavy atom. The van der Waals surface area contributed by atoms with E-state index in [9.17, 15) is 29.4 Å². The number of fused-ring (bicyclic) bond motifs is 2. The van der Waals surface area contributed by atoms with Gasteiger partial charge in [0, 0.05) is 26.2 Å². The third kappa shape index (κ3) is 6.69. The van der Waals surface area contributed by atoms with Crippen molar-refractivity contribution in [2.24, 2.45) is 23.7 Å². The summed E-state index contributed by atoms with van der Waals surface area (Å²) in [6, 6.07) is 16.4. The largest absolute Gasteiger partial charge is 0.481 e. The minimum Gasteiger partial charge on any atom is -0.481 e. The molecular weight excluding hydrogens is 532 g/mol. The van der Waals surface area contributed by atoms with Crippen molar-refractivity contribution in [1.82, 2.24) is 9.80 Å². The number of benzene rings is 2. The highest BCUT2D eigenvalue weighted by Gasteiger charge is 2.39. The Bertz CT molecular complexity index is 1210. The van der Waals surface area contributed by atoms with Crippen molar-refractivity contribution in [2.75, 3.05) is 13.1 Å². The van der Waals surface area contributed by atoms with Crippen LogP contribution in [0.5, 0.6) is 0 Å². The number of rotatable bonds is 4. The molecule has 2 aliphatic carbocycles. The number of hydrogen-bond acceptors (Lipinski definition) is 4. The number of amides is 2. The summed E-state index contributed by atoms with van der Waals surface area (Å²) in [5.74, 6) is -3.21. The normalized spacial score (nSPS) is 25.2. The molecule has 0 spiro atoms. The van der Waals surface area contributed by atoms with Crippen molar-refractivity contribution in [3.05, 3.63) is 70.8 Å². The molecule has 4 aliphatic rings. The molecule has 6 rings (SSSR count). The van der Waals surface area contributed by atoms with Crippen molar-refractivity contribution < 1.29 is 29.4 Å². The van der Waals surface area contributed by atoms with E-state index in [1.54, 1.807) is 0 Å². The predicted molar refractivity (Wildman–Crippen MR) is 157 cm³/mol. The molecule has 0 bridgehead atoms. The molecule has 4 atom stereocenters. The van der Waals surface area contributed by atoms with E-state index in [2.05, 4.69) is 24.3 Å². The van der Waals surface area contributed by atoms with E-state index in [1.807, 2.05) is 34.1 Å². The van der Waals surface area contributed by atoms with Gasteiger partial charge in [-0.05, 0) is 60.8 Å². The average molecular weight is 575 g/mol. The lowest BCUT2D eigenvalue weighted by molar-refractivity contribution is -0.152. The molecule has 8 nitrogen and oxygen atoms in total. The lowest BCUT2D eigenvalue weighted by Crippen LogP contribution is -2.44. The number of aliphatic carboxylic acids is 2. The van der Waals surface area contributed by atoms with Crippen LogP contribution in [-0.2, 0) is 45.1 Å². The quantitative estimate of drug-likeness (QED) is 0.536. The highest BCUT2D eigenvalue weighted by molar-refractivity contribution is 5.86. The maximum absolute atomic E-state index is 12.7. The first-order chi connectivity index (χ1) is 20.3. The molecular formula is C34H42N2O6. The second-order valence-electron chi connectivity index (χ2n) is 12.2. The third-order valence-electron chi connectivity index (χ3n) is 9.69. The van der Waals surface area contributed by atoms with Gasteiger partial charge >= 0.3 is 11.9 Å². The van der Waals surface area contributed by atoms with Gasteiger partial charge in [0.15, 0.2) is 0 Å². The van der Waals surface area contributed by atoms with Gasteiger partial charge in [-0.25, -0.2) is 0 Å². The fraction of sp³-hybridized carbons (Fsp3) is 0.529. The average Bonchev–Trinajstić information content (AvgIpc) is 3.03. The van der Waals surface area contributed by atoms with Crippen LogP contribution in [0, 0.1) is 23.7 Å². The number of carboxylic acid groups (broad SMARTS) is 2. The lowest BCUT2D eigenvalue weighted by Gasteiger charge is -2.35. The summed E-state index contributed by atoms with van der Waals surface area (Å²) >= 11 is 0. The smallest absolute Gasteiger partial charge is 0.307 e. The molecule has 0 radical (unpaired) electrons. The highest BCUT2D eigenvalue weighted by atomic mass is 16.4. The van der Waals surface area contributed by atoms with E-state index in [-0.39, 0.29) is 23.7 Å². The Hall–Kier alpha value is -3.68. The van der Waals surface area contributed by atoms with Gasteiger partial charge < -0.3 is 20.0 Å². The van der Waals surface area contributed by atoms with E-state index in [4.69, 9.17) is 0 Å². The molecule has 4 unspecified atom stereocenters. The second kappa shape index (κ2) is 13.5. The molecule has 224 valence electrons. The molecule has 0 aromatic heterocycles. The van der Waals surface area contributed by atoms with Crippen molar-refractivity contribution in [3.63, 3.8) is 0 Å². The third-order valence-corrected chi connectivity index (χ3v) is 9.69. The molecule has 2 N–H and O–H groups in total. The maximum Gasteiger partial charge on any atom is 0.307 e. The number of nitrogens with zero attached hydrogens (tertiary/aromatic N) is 2. The zero-order chi connectivity index (χ0) is 29.6. The van der Waals surface area contributed by atoms with Gasteiger partial charge in [0.2, 0.25) is 11.8 Å². The van der Waals surface area contributed by atoms with Gasteiger partial charge in [-0.1, -0.05) is 74.2 Å². The zero-order valence-corrected chi connectivity index (χ0v) is 24.2. The van der Waals surface area contributed by atoms with E-state index in [0.717, 1.165) is 38.5 Å². The Kier molecular flexibility index (Phi) is 9.60. The summed E-state index contributed by atoms with van der Waals surface area (Å²) in [5.41, 5.74) is 5.00. The van der Waals surface area contributed by atoms with Crippen LogP contribution in [0.15, 0.2) is 48.5 Å². The first-order valence-electron chi connectivity index (χ1n) is 15.5. The first kappa shape index (κ1) is 29.8. The first-order valence-corrected chi connectivity index (χ1v) is 15.5. The summed E-state index contributed by atoms with van der Waals surface area (Å²) in [7, 11) is 0. The molecule has 2 heterocycles. The molecule has 8 heteroatoms. The molecule has 2 aromatic carbocycles. The van der Waals surface area contributed by atoms with Crippen LogP contribution in [0.25, 0.3) is 0 Å². The topological polar surface area (TPSA) is 115 Å². The van der Waals surface area contributed by atoms with Crippen LogP contribution >= 0.6 is 0 Å². The van der Waals surface area contributed by atoms with E-state index in [1.165, 1.54) is 22.3 Å². The van der Waals surface area contributed by atoms with Crippen molar-refractivity contribution >= 4 is 23.8 Å². The van der Waals surface area contributed by atoms with Crippen molar-refractivity contribution in [2.45, 2.75) is 77.3 Å². The van der Waals surface area contributed by atoms with Crippen LogP contribution in [0.1, 0.15) is 73.6 Å². The van der Waals surface area contributed by atoms with Gasteiger partial charge in [-0.15, -0.1) is 0 Å². The van der Waals surface area contributed by atoms with Gasteiger partial charge in [-0.3, -0.25) is 19.2 Å². The Morgan fingerprint density at radius 1 is 0.524 bits per heavy atom. The lowest BCUT2D eigenvalue weighted by atomic mass is 9.78. The van der Waals surface area contributed by atoms with Crippen LogP contribution in [-0.4, -0.2) is 56.9 Å². The maximum atomic E-state index is 12.7. The fourth-order valence-corrected chi connectivity index (χ4v) is 7.28. The summed E-state index contributed by atoms with van der Waals surface area (Å²) in [4.78, 5) is 52.0. The zero-order valence-electron chi connectivity index (χ0n) is 24.2. The number of carbonyl (C=O) groups excluding carboxylic acids is 2. The van der Waals surface area contributed by atoms with Crippen LogP contribution in [0.4, 0.5) is 0 Å². The molecule has 2 aromatic rings. The van der Waals surface area contributed by atoms with Gasteiger partial charge in [0.1, 0.15) is 0 Å². The number of hydrogen-bond donors (Lipinski definition) is 2. The Balaban J connectivity index is 0.000000168. The summed E-state index contributed by atoms with van der Waals surface area (Å²) in [6.45, 7) is 2.66. The minimum absolute atomic E-state index is 0.0385. The number of carboxylic acids is 2. The summed E-state index contributed by atoms with van der Waals surface area (Å²) in [6.07, 6.45) is 8.20. The van der Waals surface area contributed by atoms with Crippen LogP contribution < -0.4 is 0 Å². The predicted octanol–water partition coefficient (Wildman–Crippen LogP) is 4.92. The summed E-state index contributed by atoms with van der Waals surface area (Å²) in [5, 5.41) is 18.7. The van der Waals surface area contributed by atoms with Gasteiger partial charge in [0.05, 0.1) is 23.7 Å². The molecule has 42 heavy (non-hydrogen) atoms. The van der Waals surface area contributed by atoms with Gasteiger partial charge in [0.25, 0.3) is 0 Å². The highest BCUT2D eigenvalue weighted by Crippen LogP contribution is 2.34. The summed E-state index contributed by atoms with van der Waals surface area (Å²) < 4.78 is 0. The SMILES string of the molecule is O=C(O)C1CCCCC1C(=O)N1CCc2ccccc2C1.O=C(O)C1CCCCC1C(=O)N1CCc2ccccc2C1. The van der Waals surface area contributed by atoms with Crippen LogP contribution in [0.2, 0.25) is 0 Å². The molecule has 2 amide bonds. The molecule has 0 saturated heterocycles. The fourth-order valence-electron chi connectivity index (χ4n) is 7.28.